The van der Waals surface area contributed by atoms with E-state index in [0.29, 0.717) is 11.3 Å². The minimum atomic E-state index is -1.32. The lowest BCUT2D eigenvalue weighted by atomic mass is 9.79. The number of aliphatic hydroxyl groups is 1. The molecule has 0 bridgehead atoms. The van der Waals surface area contributed by atoms with E-state index in [4.69, 9.17) is 14.2 Å². The third kappa shape index (κ3) is 5.94. The fraction of sp³-hybridized carbons (Fsp3) is 0.423. The van der Waals surface area contributed by atoms with Gasteiger partial charge in [0, 0.05) is 12.3 Å². The summed E-state index contributed by atoms with van der Waals surface area (Å²) in [7, 11) is 0. The van der Waals surface area contributed by atoms with Gasteiger partial charge in [-0.1, -0.05) is 48.5 Å². The molecule has 0 fully saturated rings. The monoisotopic (exact) mass is 469 g/mol. The average molecular weight is 470 g/mol. The van der Waals surface area contributed by atoms with E-state index in [1.165, 1.54) is 0 Å². The Kier molecular flexibility index (Phi) is 8.28. The Hall–Kier alpha value is -3.39. The van der Waals surface area contributed by atoms with E-state index >= 15 is 0 Å². The first-order chi connectivity index (χ1) is 16.2. The van der Waals surface area contributed by atoms with Crippen LogP contribution in [0.4, 0.5) is 10.5 Å². The number of ether oxygens (including phenoxy) is 3. The highest BCUT2D eigenvalue weighted by Crippen LogP contribution is 2.43. The first-order valence-corrected chi connectivity index (χ1v) is 11.4. The van der Waals surface area contributed by atoms with Crippen molar-refractivity contribution in [3.05, 3.63) is 65.7 Å². The van der Waals surface area contributed by atoms with Crippen LogP contribution < -0.4 is 4.90 Å². The molecule has 0 saturated heterocycles. The number of carbonyl (C=O) groups is 3. The summed E-state index contributed by atoms with van der Waals surface area (Å²) in [4.78, 5) is 40.0. The predicted octanol–water partition coefficient (Wildman–Crippen LogP) is 4.15. The van der Waals surface area contributed by atoms with Crippen molar-refractivity contribution in [2.75, 3.05) is 4.90 Å². The van der Waals surface area contributed by atoms with Gasteiger partial charge in [-0.15, -0.1) is 0 Å². The van der Waals surface area contributed by atoms with Crippen molar-refractivity contribution in [1.82, 2.24) is 0 Å². The number of carbonyl (C=O) groups excluding carboxylic acids is 3. The number of amides is 1. The molecule has 1 N–H and O–H groups in total. The van der Waals surface area contributed by atoms with Crippen molar-refractivity contribution in [1.29, 1.82) is 0 Å². The molecule has 2 aromatic rings. The molecule has 0 spiro atoms. The number of para-hydroxylation sites is 1. The number of nitrogens with zero attached hydrogens (tertiary/aromatic N) is 1. The molecule has 0 saturated carbocycles. The fourth-order valence-electron chi connectivity index (χ4n) is 4.00. The zero-order valence-corrected chi connectivity index (χ0v) is 19.8. The number of fused-ring (bicyclic) bond motifs is 1. The van der Waals surface area contributed by atoms with Crippen molar-refractivity contribution in [3.8, 4) is 0 Å². The Balaban J connectivity index is 1.91. The Morgan fingerprint density at radius 2 is 1.47 bits per heavy atom. The minimum Gasteiger partial charge on any atom is -0.462 e. The van der Waals surface area contributed by atoms with Crippen LogP contribution in [0, 0.1) is 5.92 Å². The van der Waals surface area contributed by atoms with Crippen LogP contribution in [0.15, 0.2) is 54.6 Å². The van der Waals surface area contributed by atoms with Crippen molar-refractivity contribution >= 4 is 23.7 Å². The van der Waals surface area contributed by atoms with Crippen molar-refractivity contribution in [2.24, 2.45) is 5.92 Å². The van der Waals surface area contributed by atoms with Crippen LogP contribution in [0.25, 0.3) is 0 Å². The van der Waals surface area contributed by atoms with E-state index in [-0.39, 0.29) is 13.0 Å². The molecule has 34 heavy (non-hydrogen) atoms. The maximum Gasteiger partial charge on any atom is 0.416 e. The van der Waals surface area contributed by atoms with Crippen LogP contribution in [-0.4, -0.2) is 41.6 Å². The lowest BCUT2D eigenvalue weighted by molar-refractivity contribution is -0.168. The number of anilines is 1. The number of aliphatic hydroxyl groups excluding tert-OH is 1. The van der Waals surface area contributed by atoms with Crippen molar-refractivity contribution in [2.45, 2.75) is 65.1 Å². The van der Waals surface area contributed by atoms with Gasteiger partial charge in [-0.05, 0) is 44.9 Å². The van der Waals surface area contributed by atoms with Gasteiger partial charge in [-0.25, -0.2) is 4.79 Å². The van der Waals surface area contributed by atoms with Gasteiger partial charge in [0.1, 0.15) is 12.8 Å². The second-order valence-corrected chi connectivity index (χ2v) is 8.74. The zero-order chi connectivity index (χ0) is 24.8. The Bertz CT molecular complexity index is 983. The fourth-order valence-corrected chi connectivity index (χ4v) is 4.00. The van der Waals surface area contributed by atoms with E-state index in [0.717, 1.165) is 10.5 Å². The van der Waals surface area contributed by atoms with Gasteiger partial charge in [0.25, 0.3) is 0 Å². The molecule has 0 radical (unpaired) electrons. The number of rotatable bonds is 7. The molecule has 8 nitrogen and oxygen atoms in total. The summed E-state index contributed by atoms with van der Waals surface area (Å²) in [5.41, 5.74) is 1.72. The molecule has 1 unspecified atom stereocenters. The zero-order valence-electron chi connectivity index (χ0n) is 19.8. The third-order valence-electron chi connectivity index (χ3n) is 5.37. The van der Waals surface area contributed by atoms with Gasteiger partial charge in [0.05, 0.1) is 17.9 Å². The summed E-state index contributed by atoms with van der Waals surface area (Å²) in [5.74, 6) is -3.49. The molecular formula is C26H31NO7. The molecule has 2 aromatic carbocycles. The van der Waals surface area contributed by atoms with Crippen LogP contribution >= 0.6 is 0 Å². The smallest absolute Gasteiger partial charge is 0.416 e. The predicted molar refractivity (Wildman–Crippen MR) is 125 cm³/mol. The van der Waals surface area contributed by atoms with Crippen LogP contribution in [-0.2, 0) is 30.4 Å². The molecule has 1 heterocycles. The number of esters is 2. The number of benzene rings is 2. The van der Waals surface area contributed by atoms with Crippen molar-refractivity contribution < 1.29 is 33.7 Å². The van der Waals surface area contributed by atoms with E-state index in [1.54, 1.807) is 52.0 Å². The Labute approximate surface area is 199 Å². The van der Waals surface area contributed by atoms with Gasteiger partial charge in [-0.2, -0.15) is 0 Å². The first kappa shape index (κ1) is 25.2. The SMILES string of the molecule is CC(C)OC(=O)C(C(=O)OC(C)C)[C@H]1CC(O)N(C(=O)OCc2ccccc2)c2ccccc21. The quantitative estimate of drug-likeness (QED) is 0.369. The van der Waals surface area contributed by atoms with Crippen LogP contribution in [0.5, 0.6) is 0 Å². The molecule has 1 aliphatic rings. The highest BCUT2D eigenvalue weighted by atomic mass is 16.6. The van der Waals surface area contributed by atoms with Gasteiger partial charge in [0.2, 0.25) is 0 Å². The summed E-state index contributed by atoms with van der Waals surface area (Å²) >= 11 is 0. The largest absolute Gasteiger partial charge is 0.462 e. The minimum absolute atomic E-state index is 0.0402. The standard InChI is InChI=1S/C26H31NO7/c1-16(2)33-24(29)23(25(30)34-17(3)4)20-14-22(28)27(21-13-9-8-12-19(20)21)26(31)32-15-18-10-6-5-7-11-18/h5-13,16-17,20,22-23,28H,14-15H2,1-4H3/t20-,22?/m0/s1. The number of hydrogen-bond donors (Lipinski definition) is 1. The summed E-state index contributed by atoms with van der Waals surface area (Å²) in [6.45, 7) is 6.81. The Morgan fingerprint density at radius 3 is 2.06 bits per heavy atom. The van der Waals surface area contributed by atoms with E-state index < -0.39 is 48.3 Å². The molecular weight excluding hydrogens is 438 g/mol. The first-order valence-electron chi connectivity index (χ1n) is 11.4. The third-order valence-corrected chi connectivity index (χ3v) is 5.37. The van der Waals surface area contributed by atoms with E-state index in [9.17, 15) is 19.5 Å². The van der Waals surface area contributed by atoms with Crippen LogP contribution in [0.1, 0.15) is 51.2 Å². The molecule has 2 atom stereocenters. The second kappa shape index (κ2) is 11.2. The van der Waals surface area contributed by atoms with Crippen LogP contribution in [0.2, 0.25) is 0 Å². The van der Waals surface area contributed by atoms with Gasteiger partial charge >= 0.3 is 18.0 Å². The van der Waals surface area contributed by atoms with Gasteiger partial charge in [0.15, 0.2) is 5.92 Å². The molecule has 1 aliphatic heterocycles. The highest BCUT2D eigenvalue weighted by molar-refractivity contribution is 5.97. The molecule has 182 valence electrons. The molecule has 1 amide bonds. The lowest BCUT2D eigenvalue weighted by Gasteiger charge is -2.39. The van der Waals surface area contributed by atoms with E-state index in [1.807, 2.05) is 30.3 Å². The highest BCUT2D eigenvalue weighted by Gasteiger charge is 2.46. The van der Waals surface area contributed by atoms with Crippen LogP contribution in [0.3, 0.4) is 0 Å². The summed E-state index contributed by atoms with van der Waals surface area (Å²) in [6.07, 6.45) is -2.98. The van der Waals surface area contributed by atoms with E-state index in [2.05, 4.69) is 0 Å². The summed E-state index contributed by atoms with van der Waals surface area (Å²) < 4.78 is 16.1. The van der Waals surface area contributed by atoms with Gasteiger partial charge < -0.3 is 19.3 Å². The molecule has 3 rings (SSSR count). The normalized spacial score (nSPS) is 17.5. The summed E-state index contributed by atoms with van der Waals surface area (Å²) in [5, 5.41) is 11.0. The topological polar surface area (TPSA) is 102 Å². The van der Waals surface area contributed by atoms with Crippen molar-refractivity contribution in [3.63, 3.8) is 0 Å². The maximum absolute atomic E-state index is 13.0. The number of hydrogen-bond acceptors (Lipinski definition) is 7. The molecule has 8 heteroatoms. The van der Waals surface area contributed by atoms with Gasteiger partial charge in [-0.3, -0.25) is 14.5 Å². The lowest BCUT2D eigenvalue weighted by Crippen LogP contribution is -2.48. The second-order valence-electron chi connectivity index (χ2n) is 8.74. The molecule has 0 aromatic heterocycles. The molecule has 0 aliphatic carbocycles. The summed E-state index contributed by atoms with van der Waals surface area (Å²) in [6, 6.07) is 16.0. The average Bonchev–Trinajstić information content (AvgIpc) is 2.77. The Morgan fingerprint density at radius 1 is 0.912 bits per heavy atom. The maximum atomic E-state index is 13.0.